The average Bonchev–Trinajstić information content (AvgIpc) is 2.90. The summed E-state index contributed by atoms with van der Waals surface area (Å²) in [5.74, 6) is -1.12. The second-order valence-electron chi connectivity index (χ2n) is 4.10. The van der Waals surface area contributed by atoms with E-state index in [4.69, 9.17) is 0 Å². The van der Waals surface area contributed by atoms with Crippen molar-refractivity contribution in [3.8, 4) is 0 Å². The fourth-order valence-corrected chi connectivity index (χ4v) is 2.59. The minimum Gasteiger partial charge on any atom is -0.463 e. The predicted molar refractivity (Wildman–Crippen MR) is 68.4 cm³/mol. The van der Waals surface area contributed by atoms with Crippen molar-refractivity contribution in [2.75, 3.05) is 6.61 Å². The molecule has 0 bridgehead atoms. The molecule has 21 heavy (non-hydrogen) atoms. The largest absolute Gasteiger partial charge is 0.463 e. The van der Waals surface area contributed by atoms with Crippen LogP contribution in [0.2, 0.25) is 0 Å². The van der Waals surface area contributed by atoms with Gasteiger partial charge in [-0.2, -0.15) is 24.5 Å². The number of amides is 2. The van der Waals surface area contributed by atoms with Crippen LogP contribution in [0.15, 0.2) is 28.1 Å². The highest BCUT2D eigenvalue weighted by atomic mass is 32.1. The number of esters is 1. The Balaban J connectivity index is 2.56. The molecular formula is C12H11F3N2O3S. The number of hydrogen-bond acceptors (Lipinski definition) is 4. The first-order valence-corrected chi connectivity index (χ1v) is 6.87. The molecule has 1 aliphatic heterocycles. The molecular weight excluding hydrogens is 309 g/mol. The van der Waals surface area contributed by atoms with Gasteiger partial charge in [-0.05, 0) is 29.3 Å². The molecule has 1 atom stereocenters. The molecule has 9 heteroatoms. The van der Waals surface area contributed by atoms with E-state index in [1.807, 2.05) is 0 Å². The number of allylic oxidation sites excluding steroid dienone is 1. The number of urea groups is 1. The lowest BCUT2D eigenvalue weighted by Crippen LogP contribution is -2.49. The zero-order chi connectivity index (χ0) is 15.6. The third kappa shape index (κ3) is 3.18. The van der Waals surface area contributed by atoms with Crippen molar-refractivity contribution in [1.82, 2.24) is 10.6 Å². The average molecular weight is 320 g/mol. The summed E-state index contributed by atoms with van der Waals surface area (Å²) in [4.78, 5) is 23.3. The fraction of sp³-hybridized carbons (Fsp3) is 0.333. The van der Waals surface area contributed by atoms with Crippen LogP contribution in [0.25, 0.3) is 0 Å². The van der Waals surface area contributed by atoms with E-state index in [9.17, 15) is 22.8 Å². The van der Waals surface area contributed by atoms with Crippen molar-refractivity contribution >= 4 is 23.3 Å². The first-order chi connectivity index (χ1) is 9.84. The lowest BCUT2D eigenvalue weighted by Gasteiger charge is -2.29. The van der Waals surface area contributed by atoms with Crippen molar-refractivity contribution in [1.29, 1.82) is 0 Å². The van der Waals surface area contributed by atoms with Crippen LogP contribution in [-0.2, 0) is 9.53 Å². The van der Waals surface area contributed by atoms with Gasteiger partial charge in [-0.25, -0.2) is 9.59 Å². The van der Waals surface area contributed by atoms with Crippen LogP contribution in [0, 0.1) is 0 Å². The summed E-state index contributed by atoms with van der Waals surface area (Å²) in [5, 5.41) is 7.15. The predicted octanol–water partition coefficient (Wildman–Crippen LogP) is 2.48. The van der Waals surface area contributed by atoms with Gasteiger partial charge in [-0.3, -0.25) is 0 Å². The molecule has 0 saturated heterocycles. The number of carbonyl (C=O) groups excluding carboxylic acids is 2. The van der Waals surface area contributed by atoms with E-state index in [-0.39, 0.29) is 6.61 Å². The van der Waals surface area contributed by atoms with Crippen LogP contribution >= 0.6 is 11.3 Å². The zero-order valence-electron chi connectivity index (χ0n) is 10.8. The highest BCUT2D eigenvalue weighted by molar-refractivity contribution is 7.08. The van der Waals surface area contributed by atoms with E-state index in [1.54, 1.807) is 16.1 Å². The second kappa shape index (κ2) is 5.76. The van der Waals surface area contributed by atoms with Gasteiger partial charge in [0.2, 0.25) is 0 Å². The Hall–Kier alpha value is -2.03. The lowest BCUT2D eigenvalue weighted by molar-refractivity contribution is -0.140. The fourth-order valence-electron chi connectivity index (χ4n) is 1.91. The van der Waals surface area contributed by atoms with Crippen LogP contribution in [-0.4, -0.2) is 24.8 Å². The summed E-state index contributed by atoms with van der Waals surface area (Å²) < 4.78 is 43.9. The van der Waals surface area contributed by atoms with Crippen LogP contribution in [0.1, 0.15) is 18.5 Å². The molecule has 114 valence electrons. The molecule has 1 aromatic rings. The molecule has 2 N–H and O–H groups in total. The number of ether oxygens (including phenoxy) is 1. The van der Waals surface area contributed by atoms with Gasteiger partial charge in [0.25, 0.3) is 0 Å². The number of rotatable bonds is 3. The van der Waals surface area contributed by atoms with E-state index < -0.39 is 35.5 Å². The Morgan fingerprint density at radius 1 is 1.48 bits per heavy atom. The van der Waals surface area contributed by atoms with E-state index in [2.05, 4.69) is 10.1 Å². The summed E-state index contributed by atoms with van der Waals surface area (Å²) in [6.07, 6.45) is -4.87. The number of halogens is 3. The smallest absolute Gasteiger partial charge is 0.432 e. The number of nitrogens with one attached hydrogen (secondary N) is 2. The van der Waals surface area contributed by atoms with Gasteiger partial charge in [0, 0.05) is 0 Å². The Morgan fingerprint density at radius 2 is 2.19 bits per heavy atom. The molecule has 0 radical (unpaired) electrons. The molecule has 2 amide bonds. The van der Waals surface area contributed by atoms with Gasteiger partial charge in [0.05, 0.1) is 18.2 Å². The molecule has 0 saturated carbocycles. The molecule has 0 aliphatic carbocycles. The molecule has 0 spiro atoms. The zero-order valence-corrected chi connectivity index (χ0v) is 11.6. The van der Waals surface area contributed by atoms with Crippen molar-refractivity contribution in [3.05, 3.63) is 33.7 Å². The maximum Gasteiger partial charge on any atom is 0.432 e. The van der Waals surface area contributed by atoms with Crippen molar-refractivity contribution in [3.63, 3.8) is 0 Å². The maximum atomic E-state index is 13.1. The topological polar surface area (TPSA) is 67.4 Å². The summed E-state index contributed by atoms with van der Waals surface area (Å²) in [6, 6.07) is -0.680. The SMILES string of the molecule is CCOC(=O)C1=C(C(F)(F)F)NC(=O)NC1c1ccsc1. The molecule has 0 fully saturated rings. The van der Waals surface area contributed by atoms with Crippen LogP contribution < -0.4 is 10.6 Å². The number of hydrogen-bond donors (Lipinski definition) is 2. The van der Waals surface area contributed by atoms with Gasteiger partial charge in [-0.15, -0.1) is 0 Å². The van der Waals surface area contributed by atoms with E-state index >= 15 is 0 Å². The molecule has 2 heterocycles. The monoisotopic (exact) mass is 320 g/mol. The number of alkyl halides is 3. The van der Waals surface area contributed by atoms with Crippen LogP contribution in [0.4, 0.5) is 18.0 Å². The summed E-state index contributed by atoms with van der Waals surface area (Å²) in [7, 11) is 0. The highest BCUT2D eigenvalue weighted by Gasteiger charge is 2.45. The third-order valence-electron chi connectivity index (χ3n) is 2.73. The first kappa shape index (κ1) is 15.4. The van der Waals surface area contributed by atoms with Crippen molar-refractivity contribution in [2.24, 2.45) is 0 Å². The van der Waals surface area contributed by atoms with Crippen molar-refractivity contribution in [2.45, 2.75) is 19.1 Å². The Bertz CT molecular complexity index is 581. The Kier molecular flexibility index (Phi) is 4.21. The third-order valence-corrected chi connectivity index (χ3v) is 3.43. The normalized spacial score (nSPS) is 19.0. The summed E-state index contributed by atoms with van der Waals surface area (Å²) in [5.41, 5.74) is -1.65. The highest BCUT2D eigenvalue weighted by Crippen LogP contribution is 2.35. The van der Waals surface area contributed by atoms with Gasteiger partial charge in [0.15, 0.2) is 0 Å². The van der Waals surface area contributed by atoms with Crippen molar-refractivity contribution < 1.29 is 27.5 Å². The Morgan fingerprint density at radius 3 is 2.71 bits per heavy atom. The van der Waals surface area contributed by atoms with Crippen LogP contribution in [0.3, 0.4) is 0 Å². The molecule has 0 aromatic carbocycles. The standard InChI is InChI=1S/C12H11F3N2O3S/c1-2-20-10(18)7-8(6-3-4-21-5-6)16-11(19)17-9(7)12(13,14)15/h3-5,8H,2H2,1H3,(H2,16,17,19). The maximum absolute atomic E-state index is 13.1. The molecule has 2 rings (SSSR count). The minimum atomic E-state index is -4.87. The van der Waals surface area contributed by atoms with Crippen LogP contribution in [0.5, 0.6) is 0 Å². The quantitative estimate of drug-likeness (QED) is 0.841. The first-order valence-electron chi connectivity index (χ1n) is 5.92. The molecule has 5 nitrogen and oxygen atoms in total. The Labute approximate surface area is 121 Å². The van der Waals surface area contributed by atoms with Gasteiger partial charge in [0.1, 0.15) is 5.70 Å². The van der Waals surface area contributed by atoms with Gasteiger partial charge < -0.3 is 15.4 Å². The molecule has 1 aromatic heterocycles. The number of carbonyl (C=O) groups is 2. The lowest BCUT2D eigenvalue weighted by atomic mass is 9.97. The van der Waals surface area contributed by atoms with E-state index in [1.165, 1.54) is 24.3 Å². The van der Waals surface area contributed by atoms with Gasteiger partial charge >= 0.3 is 18.2 Å². The van der Waals surface area contributed by atoms with E-state index in [0.29, 0.717) is 5.56 Å². The minimum absolute atomic E-state index is 0.0717. The summed E-state index contributed by atoms with van der Waals surface area (Å²) in [6.45, 7) is 1.41. The van der Waals surface area contributed by atoms with Gasteiger partial charge in [-0.1, -0.05) is 0 Å². The molecule has 1 unspecified atom stereocenters. The molecule has 1 aliphatic rings. The van der Waals surface area contributed by atoms with E-state index in [0.717, 1.165) is 0 Å². The number of thiophene rings is 1. The summed E-state index contributed by atoms with van der Waals surface area (Å²) >= 11 is 1.24. The second-order valence-corrected chi connectivity index (χ2v) is 4.88.